The van der Waals surface area contributed by atoms with E-state index in [2.05, 4.69) is 197 Å². The Labute approximate surface area is 374 Å². The fourth-order valence-corrected chi connectivity index (χ4v) is 10.8. The van der Waals surface area contributed by atoms with E-state index in [1.165, 1.54) is 33.0 Å². The van der Waals surface area contributed by atoms with Crippen LogP contribution < -0.4 is 0 Å². The Bertz CT molecular complexity index is 3980. The van der Waals surface area contributed by atoms with E-state index in [1.807, 2.05) is 6.07 Å². The van der Waals surface area contributed by atoms with Gasteiger partial charge in [-0.25, -0.2) is 9.97 Å². The zero-order valence-electron chi connectivity index (χ0n) is 35.5. The number of aryl methyl sites for hydroxylation is 2. The lowest BCUT2D eigenvalue weighted by Crippen LogP contribution is -2.10. The van der Waals surface area contributed by atoms with Crippen LogP contribution in [0, 0.1) is 0 Å². The second kappa shape index (κ2) is 14.1. The van der Waals surface area contributed by atoms with Crippen LogP contribution in [-0.4, -0.2) is 19.1 Å². The van der Waals surface area contributed by atoms with Crippen molar-refractivity contribution < 1.29 is 4.42 Å². The summed E-state index contributed by atoms with van der Waals surface area (Å²) in [6.07, 6.45) is 13.0. The maximum Gasteiger partial charge on any atom is 0.235 e. The van der Waals surface area contributed by atoms with Crippen LogP contribution in [0.1, 0.15) is 35.2 Å². The minimum atomic E-state index is 0.707. The van der Waals surface area contributed by atoms with Crippen LogP contribution in [0.2, 0.25) is 0 Å². The zero-order valence-corrected chi connectivity index (χ0v) is 35.5. The number of allylic oxidation sites excluding steroid dienone is 2. The van der Waals surface area contributed by atoms with E-state index < -0.39 is 0 Å². The van der Waals surface area contributed by atoms with Crippen molar-refractivity contribution in [2.24, 2.45) is 0 Å². The Morgan fingerprint density at radius 1 is 0.431 bits per heavy atom. The van der Waals surface area contributed by atoms with Gasteiger partial charge in [-0.1, -0.05) is 133 Å². The molecule has 8 aromatic carbocycles. The van der Waals surface area contributed by atoms with E-state index in [-0.39, 0.29) is 0 Å². The summed E-state index contributed by atoms with van der Waals surface area (Å²) in [5.74, 6) is 0.707. The summed E-state index contributed by atoms with van der Waals surface area (Å²) in [4.78, 5) is 10.9. The molecule has 306 valence electrons. The second-order valence-corrected chi connectivity index (χ2v) is 17.5. The fourth-order valence-electron chi connectivity index (χ4n) is 10.8. The van der Waals surface area contributed by atoms with Crippen molar-refractivity contribution in [1.29, 1.82) is 0 Å². The second-order valence-electron chi connectivity index (χ2n) is 17.5. The van der Waals surface area contributed by atoms with Crippen LogP contribution in [0.4, 0.5) is 0 Å². The summed E-state index contributed by atoms with van der Waals surface area (Å²) >= 11 is 0. The summed E-state index contributed by atoms with van der Waals surface area (Å²) in [5, 5.41) is 6.99. The van der Waals surface area contributed by atoms with Crippen molar-refractivity contribution in [3.8, 4) is 45.1 Å². The average molecular weight is 833 g/mol. The van der Waals surface area contributed by atoms with Crippen LogP contribution in [0.5, 0.6) is 0 Å². The van der Waals surface area contributed by atoms with Crippen LogP contribution in [0.25, 0.3) is 123 Å². The first-order valence-electron chi connectivity index (χ1n) is 22.7. The van der Waals surface area contributed by atoms with Crippen LogP contribution in [0.15, 0.2) is 186 Å². The summed E-state index contributed by atoms with van der Waals surface area (Å²) in [5.41, 5.74) is 19.0. The van der Waals surface area contributed by atoms with E-state index >= 15 is 0 Å². The molecule has 5 nitrogen and oxygen atoms in total. The number of rotatable bonds is 5. The van der Waals surface area contributed by atoms with E-state index in [1.54, 1.807) is 0 Å². The summed E-state index contributed by atoms with van der Waals surface area (Å²) in [6.45, 7) is 0. The normalized spacial score (nSPS) is 13.5. The minimum absolute atomic E-state index is 0.707. The molecule has 0 N–H and O–H groups in total. The summed E-state index contributed by atoms with van der Waals surface area (Å²) in [7, 11) is 0. The molecule has 0 fully saturated rings. The largest absolute Gasteiger partial charge is 0.455 e. The van der Waals surface area contributed by atoms with E-state index in [0.717, 1.165) is 120 Å². The van der Waals surface area contributed by atoms with Gasteiger partial charge in [-0.3, -0.25) is 4.57 Å². The Morgan fingerprint density at radius 2 is 1.05 bits per heavy atom. The third-order valence-electron chi connectivity index (χ3n) is 13.9. The van der Waals surface area contributed by atoms with Gasteiger partial charge in [0.1, 0.15) is 11.2 Å². The third kappa shape index (κ3) is 5.52. The van der Waals surface area contributed by atoms with Gasteiger partial charge < -0.3 is 8.98 Å². The van der Waals surface area contributed by atoms with Gasteiger partial charge >= 0.3 is 0 Å². The van der Waals surface area contributed by atoms with Crippen molar-refractivity contribution >= 4 is 77.7 Å². The topological polar surface area (TPSA) is 48.8 Å². The molecule has 0 saturated heterocycles. The smallest absolute Gasteiger partial charge is 0.235 e. The molecular formula is C60H40N4O. The monoisotopic (exact) mass is 832 g/mol. The molecular weight excluding hydrogens is 793 g/mol. The molecule has 0 radical (unpaired) electrons. The zero-order chi connectivity index (χ0) is 42.6. The van der Waals surface area contributed by atoms with Gasteiger partial charge in [-0.15, -0.1) is 0 Å². The molecule has 14 rings (SSSR count). The lowest BCUT2D eigenvalue weighted by Gasteiger charge is -2.17. The number of para-hydroxylation sites is 2. The Hall–Kier alpha value is -8.28. The lowest BCUT2D eigenvalue weighted by atomic mass is 9.92. The van der Waals surface area contributed by atoms with Crippen LogP contribution in [0.3, 0.4) is 0 Å². The number of hydrogen-bond acceptors (Lipinski definition) is 3. The summed E-state index contributed by atoms with van der Waals surface area (Å²) in [6, 6.07) is 61.4. The van der Waals surface area contributed by atoms with Gasteiger partial charge in [0, 0.05) is 43.7 Å². The van der Waals surface area contributed by atoms with Crippen LogP contribution >= 0.6 is 0 Å². The number of benzene rings is 8. The highest BCUT2D eigenvalue weighted by Crippen LogP contribution is 2.44. The van der Waals surface area contributed by atoms with Crippen molar-refractivity contribution in [2.45, 2.75) is 25.7 Å². The number of aromatic nitrogens is 4. The molecule has 0 spiro atoms. The first kappa shape index (κ1) is 36.2. The Balaban J connectivity index is 0.987. The molecule has 65 heavy (non-hydrogen) atoms. The van der Waals surface area contributed by atoms with Crippen LogP contribution in [-0.2, 0) is 12.8 Å². The van der Waals surface area contributed by atoms with Crippen molar-refractivity contribution in [1.82, 2.24) is 19.1 Å². The predicted molar refractivity (Wildman–Crippen MR) is 269 cm³/mol. The summed E-state index contributed by atoms with van der Waals surface area (Å²) < 4.78 is 11.4. The molecule has 0 unspecified atom stereocenters. The molecule has 2 aliphatic rings. The highest BCUT2D eigenvalue weighted by atomic mass is 16.3. The fraction of sp³-hybridized carbons (Fsp3) is 0.0667. The quantitative estimate of drug-likeness (QED) is 0.174. The highest BCUT2D eigenvalue weighted by Gasteiger charge is 2.24. The minimum Gasteiger partial charge on any atom is -0.455 e. The van der Waals surface area contributed by atoms with Gasteiger partial charge in [-0.05, 0) is 120 Å². The molecule has 0 aliphatic heterocycles. The number of furan rings is 1. The molecule has 0 amide bonds. The molecule has 0 saturated carbocycles. The SMILES string of the molecule is C1=Cc2c(ccc3c2c2cc(-c4ccc5c(c4)c4c6oc7ccccc7c6ccc4n5-c4ccccc4)ccc2n3-c2nc3c(c(-c4ccc(-c5ccccc5)cc4)n2)C=CCC3)CC1. The first-order chi connectivity index (χ1) is 32.2. The van der Waals surface area contributed by atoms with Gasteiger partial charge in [-0.2, -0.15) is 0 Å². The van der Waals surface area contributed by atoms with E-state index in [4.69, 9.17) is 14.4 Å². The van der Waals surface area contributed by atoms with Crippen molar-refractivity contribution in [3.63, 3.8) is 0 Å². The molecule has 4 heterocycles. The number of nitrogens with zero attached hydrogens (tertiary/aromatic N) is 4. The molecule has 5 heteroatoms. The molecule has 0 bridgehead atoms. The maximum atomic E-state index is 6.73. The number of fused-ring (bicyclic) bond motifs is 13. The molecule has 12 aromatic rings. The van der Waals surface area contributed by atoms with E-state index in [0.29, 0.717) is 5.95 Å². The Kier molecular flexibility index (Phi) is 7.87. The standard InChI is InChI=1S/C60H40N4O/c1-3-13-37(14-4-1)38-23-25-40(26-24-38)58-47-20-9-11-21-50(47)61-60(62-58)64-52-32-29-41(35-48(52)56-44-18-8-7-15-39(44)27-33-53(56)64)42-28-31-51-49(36-42)57-54(63(51)43-16-5-2-6-17-43)34-30-46-45-19-10-12-22-55(45)65-59(46)57/h1-6,8-10,12-14,16-20,22-36H,7,11,15,21H2. The predicted octanol–water partition coefficient (Wildman–Crippen LogP) is 15.5. The van der Waals surface area contributed by atoms with Gasteiger partial charge in [0.15, 0.2) is 0 Å². The van der Waals surface area contributed by atoms with Crippen molar-refractivity contribution in [3.05, 3.63) is 204 Å². The molecule has 2 aliphatic carbocycles. The highest BCUT2D eigenvalue weighted by molar-refractivity contribution is 6.24. The lowest BCUT2D eigenvalue weighted by molar-refractivity contribution is 0.673. The van der Waals surface area contributed by atoms with Gasteiger partial charge in [0.05, 0.1) is 38.8 Å². The average Bonchev–Trinajstić information content (AvgIpc) is 4.04. The third-order valence-corrected chi connectivity index (χ3v) is 13.9. The maximum absolute atomic E-state index is 6.73. The molecule has 4 aromatic heterocycles. The van der Waals surface area contributed by atoms with Gasteiger partial charge in [0.2, 0.25) is 5.95 Å². The number of hydrogen-bond donors (Lipinski definition) is 0. The first-order valence-corrected chi connectivity index (χ1v) is 22.7. The Morgan fingerprint density at radius 3 is 1.86 bits per heavy atom. The van der Waals surface area contributed by atoms with Crippen molar-refractivity contribution in [2.75, 3.05) is 0 Å². The van der Waals surface area contributed by atoms with Gasteiger partial charge in [0.25, 0.3) is 0 Å². The molecule has 0 atom stereocenters. The van der Waals surface area contributed by atoms with E-state index in [9.17, 15) is 0 Å².